The number of rotatable bonds is 9. The highest BCUT2D eigenvalue weighted by molar-refractivity contribution is 7.86. The fourth-order valence-electron chi connectivity index (χ4n) is 5.39. The zero-order valence-corrected chi connectivity index (χ0v) is 26.0. The Morgan fingerprint density at radius 2 is 0.938 bits per heavy atom. The van der Waals surface area contributed by atoms with Crippen molar-refractivity contribution in [3.8, 4) is 57.4 Å². The molecule has 0 bridgehead atoms. The summed E-state index contributed by atoms with van der Waals surface area (Å²) in [6, 6.07) is 36.4. The lowest BCUT2D eigenvalue weighted by Gasteiger charge is -2.15. The lowest BCUT2D eigenvalue weighted by atomic mass is 10.1. The Balaban J connectivity index is 1.11. The van der Waals surface area contributed by atoms with Crippen LogP contribution in [0.5, 0.6) is 46.3 Å². The Kier molecular flexibility index (Phi) is 7.52. The van der Waals surface area contributed by atoms with Crippen LogP contribution in [0.4, 0.5) is 0 Å². The average molecular weight is 650 g/mol. The van der Waals surface area contributed by atoms with Crippen LogP contribution in [-0.2, 0) is 4.57 Å². The molecule has 0 N–H and O–H groups in total. The minimum absolute atomic E-state index is 0.121. The largest absolute Gasteiger partial charge is 0.457 e. The first kappa shape index (κ1) is 29.1. The summed E-state index contributed by atoms with van der Waals surface area (Å²) < 4.78 is 39.5. The third kappa shape index (κ3) is 5.72. The van der Waals surface area contributed by atoms with Gasteiger partial charge in [0.05, 0.1) is 6.20 Å². The lowest BCUT2D eigenvalue weighted by molar-refractivity contribution is 0.448. The van der Waals surface area contributed by atoms with Gasteiger partial charge in [-0.25, -0.2) is 15.0 Å². The van der Waals surface area contributed by atoms with Gasteiger partial charge < -0.3 is 23.5 Å². The monoisotopic (exact) mass is 649 g/mol. The van der Waals surface area contributed by atoms with Crippen LogP contribution in [0.15, 0.2) is 146 Å². The predicted molar refractivity (Wildman–Crippen MR) is 180 cm³/mol. The normalized spacial score (nSPS) is 12.4. The smallest absolute Gasteiger partial charge is 0.219 e. The van der Waals surface area contributed by atoms with E-state index in [0.29, 0.717) is 56.9 Å². The van der Waals surface area contributed by atoms with Crippen LogP contribution in [0.25, 0.3) is 11.1 Å². The van der Waals surface area contributed by atoms with Crippen molar-refractivity contribution in [2.75, 3.05) is 0 Å². The maximum atomic E-state index is 15.3. The minimum atomic E-state index is -3.59. The van der Waals surface area contributed by atoms with E-state index < -0.39 is 7.14 Å². The van der Waals surface area contributed by atoms with E-state index in [2.05, 4.69) is 25.1 Å². The van der Waals surface area contributed by atoms with E-state index in [9.17, 15) is 0 Å². The van der Waals surface area contributed by atoms with Gasteiger partial charge in [-0.1, -0.05) is 24.3 Å². The van der Waals surface area contributed by atoms with Gasteiger partial charge in [-0.3, -0.25) is 0 Å². The summed E-state index contributed by atoms with van der Waals surface area (Å²) in [4.78, 5) is 12.8. The second-order valence-corrected chi connectivity index (χ2v) is 13.2. The molecule has 48 heavy (non-hydrogen) atoms. The molecule has 7 aromatic rings. The average Bonchev–Trinajstić information content (AvgIpc) is 3.37. The zero-order valence-electron chi connectivity index (χ0n) is 25.1. The van der Waals surface area contributed by atoms with E-state index in [1.807, 2.05) is 84.9 Å². The van der Waals surface area contributed by atoms with Gasteiger partial charge in [-0.2, -0.15) is 5.10 Å². The molecule has 0 spiro atoms. The van der Waals surface area contributed by atoms with Gasteiger partial charge in [-0.05, 0) is 83.9 Å². The molecule has 4 aromatic carbocycles. The van der Waals surface area contributed by atoms with Crippen LogP contribution in [-0.4, -0.2) is 25.1 Å². The molecule has 232 valence electrons. The Morgan fingerprint density at radius 1 is 0.438 bits per heavy atom. The molecule has 0 amide bonds. The van der Waals surface area contributed by atoms with Crippen LogP contribution < -0.4 is 35.1 Å². The molecule has 8 rings (SSSR count). The summed E-state index contributed by atoms with van der Waals surface area (Å²) in [6.45, 7) is 0. The van der Waals surface area contributed by atoms with Crippen molar-refractivity contribution in [1.82, 2.24) is 25.1 Å². The molecule has 1 aliphatic rings. The first-order valence-corrected chi connectivity index (χ1v) is 16.6. The van der Waals surface area contributed by atoms with Gasteiger partial charge in [0.15, 0.2) is 0 Å². The molecule has 10 nitrogen and oxygen atoms in total. The number of hydrogen-bond acceptors (Lipinski definition) is 10. The van der Waals surface area contributed by atoms with Crippen LogP contribution in [0.3, 0.4) is 0 Å². The van der Waals surface area contributed by atoms with Gasteiger partial charge in [0, 0.05) is 53.5 Å². The molecule has 4 heterocycles. The molecule has 0 fully saturated rings. The maximum absolute atomic E-state index is 15.3. The Bertz CT molecular complexity index is 2150. The second-order valence-electron chi connectivity index (χ2n) is 10.6. The standard InChI is InChI=1S/C37H24N5O5P/c43-48(37-40-19-20-41-42-37)33-23-29(44-25-7-5-9-27(21-25)46-35-11-1-3-17-38-35)13-15-31(33)32-16-14-30(24-34(32)48)45-26-8-6-10-28(22-26)47-36-12-2-4-18-39-36/h1-24H. The van der Waals surface area contributed by atoms with Crippen molar-refractivity contribution in [1.29, 1.82) is 0 Å². The zero-order chi connectivity index (χ0) is 32.3. The molecular weight excluding hydrogens is 625 g/mol. The number of aromatic nitrogens is 5. The van der Waals surface area contributed by atoms with Crippen molar-refractivity contribution >= 4 is 23.3 Å². The molecule has 0 saturated heterocycles. The number of nitrogens with zero attached hydrogens (tertiary/aromatic N) is 5. The highest BCUT2D eigenvalue weighted by Gasteiger charge is 2.43. The second kappa shape index (κ2) is 12.4. The quantitative estimate of drug-likeness (QED) is 0.146. The number of pyridine rings is 2. The van der Waals surface area contributed by atoms with Crippen molar-refractivity contribution in [2.24, 2.45) is 0 Å². The number of fused-ring (bicyclic) bond motifs is 3. The van der Waals surface area contributed by atoms with E-state index in [0.717, 1.165) is 11.1 Å². The Morgan fingerprint density at radius 3 is 1.40 bits per heavy atom. The van der Waals surface area contributed by atoms with E-state index in [1.165, 1.54) is 12.4 Å². The number of hydrogen-bond donors (Lipinski definition) is 0. The first-order chi connectivity index (χ1) is 23.6. The minimum Gasteiger partial charge on any atom is -0.457 e. The van der Waals surface area contributed by atoms with E-state index >= 15 is 4.57 Å². The molecule has 3 aromatic heterocycles. The number of benzene rings is 4. The molecule has 0 aliphatic carbocycles. The van der Waals surface area contributed by atoms with Gasteiger partial charge in [0.1, 0.15) is 34.5 Å². The summed E-state index contributed by atoms with van der Waals surface area (Å²) in [6.07, 6.45) is 6.26. The molecular formula is C37H24N5O5P. The summed E-state index contributed by atoms with van der Waals surface area (Å²) in [7, 11) is -3.59. The fraction of sp³-hybridized carbons (Fsp3) is 0. The highest BCUT2D eigenvalue weighted by atomic mass is 31.2. The van der Waals surface area contributed by atoms with Gasteiger partial charge in [-0.15, -0.1) is 5.10 Å². The van der Waals surface area contributed by atoms with Gasteiger partial charge >= 0.3 is 0 Å². The van der Waals surface area contributed by atoms with E-state index in [4.69, 9.17) is 18.9 Å². The summed E-state index contributed by atoms with van der Waals surface area (Å²) >= 11 is 0. The molecule has 0 radical (unpaired) electrons. The third-order valence-corrected chi connectivity index (χ3v) is 10.3. The van der Waals surface area contributed by atoms with E-state index in [-0.39, 0.29) is 5.57 Å². The topological polar surface area (TPSA) is 118 Å². The molecule has 1 aliphatic heterocycles. The lowest BCUT2D eigenvalue weighted by Crippen LogP contribution is -2.26. The summed E-state index contributed by atoms with van der Waals surface area (Å²) in [5.74, 6) is 4.12. The van der Waals surface area contributed by atoms with Gasteiger partial charge in [0.2, 0.25) is 24.5 Å². The van der Waals surface area contributed by atoms with Crippen molar-refractivity contribution in [2.45, 2.75) is 0 Å². The fourth-order valence-corrected chi connectivity index (χ4v) is 8.17. The van der Waals surface area contributed by atoms with Crippen LogP contribution >= 0.6 is 7.14 Å². The third-order valence-electron chi connectivity index (χ3n) is 7.46. The van der Waals surface area contributed by atoms with E-state index in [1.54, 1.807) is 48.8 Å². The predicted octanol–water partition coefficient (Wildman–Crippen LogP) is 7.45. The number of ether oxygens (including phenoxy) is 4. The SMILES string of the molecule is O=P1(c2nccnn2)c2cc(Oc3cccc(Oc4ccccn4)c3)ccc2-c2ccc(Oc3cccc(Oc4ccccn4)c3)cc21. The molecule has 11 heteroatoms. The first-order valence-electron chi connectivity index (χ1n) is 14.9. The molecule has 0 unspecified atom stereocenters. The highest BCUT2D eigenvalue weighted by Crippen LogP contribution is 2.53. The van der Waals surface area contributed by atoms with Crippen LogP contribution in [0, 0.1) is 0 Å². The molecule has 0 atom stereocenters. The maximum Gasteiger partial charge on any atom is 0.219 e. The van der Waals surface area contributed by atoms with Crippen molar-refractivity contribution in [3.05, 3.63) is 146 Å². The van der Waals surface area contributed by atoms with Gasteiger partial charge in [0.25, 0.3) is 0 Å². The molecule has 0 saturated carbocycles. The van der Waals surface area contributed by atoms with Crippen molar-refractivity contribution in [3.63, 3.8) is 0 Å². The summed E-state index contributed by atoms with van der Waals surface area (Å²) in [5, 5.41) is 9.31. The van der Waals surface area contributed by atoms with Crippen molar-refractivity contribution < 1.29 is 23.5 Å². The summed E-state index contributed by atoms with van der Waals surface area (Å²) in [5.41, 5.74) is 1.70. The Labute approximate surface area is 275 Å². The Hall–Kier alpha value is -6.38. The van der Waals surface area contributed by atoms with Crippen LogP contribution in [0.2, 0.25) is 0 Å². The van der Waals surface area contributed by atoms with Crippen LogP contribution in [0.1, 0.15) is 0 Å².